The maximum Gasteiger partial charge on any atom is 0.216 e. The molecule has 0 amide bonds. The number of aromatic nitrogens is 2. The van der Waals surface area contributed by atoms with E-state index in [0.717, 1.165) is 60.5 Å². The Morgan fingerprint density at radius 2 is 2.03 bits per heavy atom. The van der Waals surface area contributed by atoms with Gasteiger partial charge in [0.25, 0.3) is 0 Å². The van der Waals surface area contributed by atoms with Gasteiger partial charge in [-0.25, -0.2) is 9.98 Å². The summed E-state index contributed by atoms with van der Waals surface area (Å²) in [6.45, 7) is 3.08. The van der Waals surface area contributed by atoms with Gasteiger partial charge in [-0.05, 0) is 36.2 Å². The molecule has 2 aliphatic rings. The van der Waals surface area contributed by atoms with Crippen molar-refractivity contribution in [3.05, 3.63) is 54.1 Å². The summed E-state index contributed by atoms with van der Waals surface area (Å²) in [6, 6.07) is 16.4. The topological polar surface area (TPSA) is 67.2 Å². The Hall–Kier alpha value is -3.10. The Bertz CT molecular complexity index is 1080. The summed E-state index contributed by atoms with van der Waals surface area (Å²) in [6.07, 6.45) is 0.864. The minimum atomic E-state index is -0.113. The fourth-order valence-electron chi connectivity index (χ4n) is 4.13. The van der Waals surface area contributed by atoms with Gasteiger partial charge >= 0.3 is 0 Å². The molecule has 1 atom stereocenters. The monoisotopic (exact) mass is 406 g/mol. The maximum absolute atomic E-state index is 5.46. The summed E-state index contributed by atoms with van der Waals surface area (Å²) in [5, 5.41) is 3.64. The number of anilines is 1. The fourth-order valence-corrected chi connectivity index (χ4v) is 4.13. The molecular formula is C22H26N6O2. The molecule has 0 unspecified atom stereocenters. The lowest BCUT2D eigenvalue weighted by atomic mass is 10.1. The van der Waals surface area contributed by atoms with Gasteiger partial charge < -0.3 is 14.8 Å². The largest absolute Gasteiger partial charge is 0.497 e. The van der Waals surface area contributed by atoms with Gasteiger partial charge in [0.1, 0.15) is 11.9 Å². The van der Waals surface area contributed by atoms with Gasteiger partial charge in [-0.2, -0.15) is 0 Å². The third-order valence-electron chi connectivity index (χ3n) is 5.59. The summed E-state index contributed by atoms with van der Waals surface area (Å²) >= 11 is 0. The van der Waals surface area contributed by atoms with Crippen molar-refractivity contribution in [2.24, 2.45) is 4.99 Å². The van der Waals surface area contributed by atoms with Gasteiger partial charge in [0.15, 0.2) is 0 Å². The van der Waals surface area contributed by atoms with Crippen LogP contribution in [0.1, 0.15) is 18.2 Å². The number of hydrogen-bond acceptors (Lipinski definition) is 7. The number of fused-ring (bicyclic) bond motifs is 5. The average molecular weight is 406 g/mol. The zero-order chi connectivity index (χ0) is 20.5. The first kappa shape index (κ1) is 18.9. The molecule has 3 heterocycles. The number of aliphatic imine (C=N–C) groups is 1. The van der Waals surface area contributed by atoms with Crippen molar-refractivity contribution >= 4 is 22.9 Å². The minimum absolute atomic E-state index is 0.113. The van der Waals surface area contributed by atoms with Crippen LogP contribution in [0.5, 0.6) is 5.75 Å². The van der Waals surface area contributed by atoms with Crippen molar-refractivity contribution < 1.29 is 9.47 Å². The number of ether oxygens (including phenoxy) is 2. The molecule has 0 fully saturated rings. The highest BCUT2D eigenvalue weighted by molar-refractivity contribution is 5.98. The van der Waals surface area contributed by atoms with E-state index in [1.54, 1.807) is 14.2 Å². The smallest absolute Gasteiger partial charge is 0.216 e. The van der Waals surface area contributed by atoms with Crippen molar-refractivity contribution in [3.63, 3.8) is 0 Å². The molecule has 8 heteroatoms. The molecule has 0 saturated heterocycles. The number of nitrogens with zero attached hydrogens (tertiary/aromatic N) is 5. The normalized spacial score (nSPS) is 18.5. The molecule has 156 valence electrons. The SMILES string of the molecule is COCCCN1CN=C2N[C@H](c3cccc(OC)c3)n3c(nc4ccccc43)N2C1. The van der Waals surface area contributed by atoms with Crippen molar-refractivity contribution in [1.29, 1.82) is 0 Å². The average Bonchev–Trinajstić information content (AvgIpc) is 3.19. The molecular weight excluding hydrogens is 380 g/mol. The minimum Gasteiger partial charge on any atom is -0.497 e. The molecule has 1 N–H and O–H groups in total. The molecule has 0 spiro atoms. The molecule has 30 heavy (non-hydrogen) atoms. The molecule has 0 aliphatic carbocycles. The predicted octanol–water partition coefficient (Wildman–Crippen LogP) is 2.62. The summed E-state index contributed by atoms with van der Waals surface area (Å²) in [5.74, 6) is 2.59. The molecule has 0 radical (unpaired) electrons. The molecule has 0 saturated carbocycles. The quantitative estimate of drug-likeness (QED) is 0.635. The van der Waals surface area contributed by atoms with Gasteiger partial charge in [0, 0.05) is 20.3 Å². The number of hydrogen-bond donors (Lipinski definition) is 1. The highest BCUT2D eigenvalue weighted by atomic mass is 16.5. The van der Waals surface area contributed by atoms with E-state index in [4.69, 9.17) is 19.5 Å². The van der Waals surface area contributed by atoms with E-state index in [2.05, 4.69) is 50.0 Å². The molecule has 0 bridgehead atoms. The lowest BCUT2D eigenvalue weighted by Crippen LogP contribution is -2.57. The van der Waals surface area contributed by atoms with Crippen LogP contribution in [0, 0.1) is 0 Å². The fraction of sp³-hybridized carbons (Fsp3) is 0.364. The Labute approximate surface area is 175 Å². The van der Waals surface area contributed by atoms with Crippen LogP contribution in [-0.2, 0) is 4.74 Å². The van der Waals surface area contributed by atoms with Crippen molar-refractivity contribution in [3.8, 4) is 5.75 Å². The van der Waals surface area contributed by atoms with Crippen LogP contribution in [0.4, 0.5) is 5.95 Å². The van der Waals surface area contributed by atoms with Gasteiger partial charge in [0.2, 0.25) is 11.9 Å². The molecule has 5 rings (SSSR count). The highest BCUT2D eigenvalue weighted by Gasteiger charge is 2.35. The Kier molecular flexibility index (Phi) is 5.02. The number of imidazole rings is 1. The third kappa shape index (κ3) is 3.28. The van der Waals surface area contributed by atoms with Gasteiger partial charge in [-0.3, -0.25) is 14.4 Å². The molecule has 1 aromatic heterocycles. The lowest BCUT2D eigenvalue weighted by Gasteiger charge is -2.41. The van der Waals surface area contributed by atoms with E-state index in [-0.39, 0.29) is 6.17 Å². The highest BCUT2D eigenvalue weighted by Crippen LogP contribution is 2.34. The van der Waals surface area contributed by atoms with Gasteiger partial charge in [0.05, 0.1) is 31.5 Å². The molecule has 2 aliphatic heterocycles. The Balaban J connectivity index is 1.57. The number of rotatable bonds is 6. The second kappa shape index (κ2) is 7.97. The maximum atomic E-state index is 5.46. The summed E-state index contributed by atoms with van der Waals surface area (Å²) in [5.41, 5.74) is 3.16. The summed E-state index contributed by atoms with van der Waals surface area (Å²) in [7, 11) is 3.43. The van der Waals surface area contributed by atoms with E-state index < -0.39 is 0 Å². The van der Waals surface area contributed by atoms with Crippen LogP contribution < -0.4 is 15.0 Å². The van der Waals surface area contributed by atoms with Gasteiger partial charge in [-0.1, -0.05) is 24.3 Å². The zero-order valence-electron chi connectivity index (χ0n) is 17.3. The van der Waals surface area contributed by atoms with E-state index in [1.807, 2.05) is 18.2 Å². The van der Waals surface area contributed by atoms with Crippen molar-refractivity contribution in [2.45, 2.75) is 12.6 Å². The number of benzene rings is 2. The van der Waals surface area contributed by atoms with Crippen LogP contribution in [-0.4, -0.2) is 61.1 Å². The summed E-state index contributed by atoms with van der Waals surface area (Å²) < 4.78 is 12.9. The van der Waals surface area contributed by atoms with Crippen LogP contribution in [0.2, 0.25) is 0 Å². The Morgan fingerprint density at radius 1 is 1.13 bits per heavy atom. The van der Waals surface area contributed by atoms with Gasteiger partial charge in [-0.15, -0.1) is 0 Å². The molecule has 2 aromatic carbocycles. The molecule has 8 nitrogen and oxygen atoms in total. The van der Waals surface area contributed by atoms with E-state index in [9.17, 15) is 0 Å². The first-order valence-electron chi connectivity index (χ1n) is 10.2. The first-order chi connectivity index (χ1) is 14.8. The second-order valence-electron chi connectivity index (χ2n) is 7.53. The van der Waals surface area contributed by atoms with Crippen molar-refractivity contribution in [2.75, 3.05) is 45.6 Å². The van der Waals surface area contributed by atoms with Crippen LogP contribution >= 0.6 is 0 Å². The predicted molar refractivity (Wildman–Crippen MR) is 117 cm³/mol. The number of guanidine groups is 1. The van der Waals surface area contributed by atoms with E-state index in [0.29, 0.717) is 6.67 Å². The third-order valence-corrected chi connectivity index (χ3v) is 5.59. The lowest BCUT2D eigenvalue weighted by molar-refractivity contribution is 0.171. The van der Waals surface area contributed by atoms with E-state index >= 15 is 0 Å². The number of para-hydroxylation sites is 2. The number of methoxy groups -OCH3 is 2. The van der Waals surface area contributed by atoms with Crippen LogP contribution in [0.3, 0.4) is 0 Å². The standard InChI is InChI=1S/C22H26N6O2/c1-29-12-6-11-26-14-23-21-25-20(16-7-5-8-17(13-16)30-2)28-19-10-4-3-9-18(19)24-22(28)27(21)15-26/h3-5,7-10,13,20H,6,11-12,14-15H2,1-2H3,(H,23,25)/t20-/m0/s1. The van der Waals surface area contributed by atoms with Crippen LogP contribution in [0.15, 0.2) is 53.5 Å². The second-order valence-corrected chi connectivity index (χ2v) is 7.53. The van der Waals surface area contributed by atoms with Crippen LogP contribution in [0.25, 0.3) is 11.0 Å². The molecule has 3 aromatic rings. The summed E-state index contributed by atoms with van der Waals surface area (Å²) in [4.78, 5) is 14.3. The van der Waals surface area contributed by atoms with E-state index in [1.165, 1.54) is 0 Å². The first-order valence-corrected chi connectivity index (χ1v) is 10.2. The zero-order valence-corrected chi connectivity index (χ0v) is 17.3. The number of nitrogens with one attached hydrogen (secondary N) is 1. The van der Waals surface area contributed by atoms with Crippen molar-refractivity contribution in [1.82, 2.24) is 19.8 Å². The Morgan fingerprint density at radius 3 is 2.90 bits per heavy atom.